The van der Waals surface area contributed by atoms with Crippen molar-refractivity contribution in [2.45, 2.75) is 31.8 Å². The number of amides is 2. The fourth-order valence-corrected chi connectivity index (χ4v) is 4.11. The molecule has 2 aromatic heterocycles. The summed E-state index contributed by atoms with van der Waals surface area (Å²) in [6, 6.07) is 5.70. The van der Waals surface area contributed by atoms with E-state index in [-0.39, 0.29) is 23.8 Å². The van der Waals surface area contributed by atoms with Crippen molar-refractivity contribution in [2.75, 3.05) is 13.6 Å². The molecule has 1 saturated heterocycles. The zero-order valence-electron chi connectivity index (χ0n) is 13.7. The molecule has 1 aliphatic heterocycles. The third-order valence-electron chi connectivity index (χ3n) is 4.45. The first-order valence-corrected chi connectivity index (χ1v) is 9.09. The van der Waals surface area contributed by atoms with E-state index < -0.39 is 0 Å². The standard InChI is InChI=1S/C17H22N4O2S/c1-20-15(22)7-6-13(16(20)14-5-2-12-24-14)17(23)18-8-3-10-21-11-4-9-19-21/h2,4-5,9,11-13,16H,3,6-8,10H2,1H3,(H,18,23)/t13-,16+/m1/s1. The van der Waals surface area contributed by atoms with Crippen LogP contribution in [0.4, 0.5) is 0 Å². The van der Waals surface area contributed by atoms with Crippen molar-refractivity contribution in [3.05, 3.63) is 40.8 Å². The molecule has 2 atom stereocenters. The number of likely N-dealkylation sites (tertiary alicyclic amines) is 1. The minimum atomic E-state index is -0.184. The van der Waals surface area contributed by atoms with E-state index in [1.54, 1.807) is 29.5 Å². The molecule has 0 radical (unpaired) electrons. The molecule has 1 aliphatic rings. The Morgan fingerprint density at radius 1 is 1.46 bits per heavy atom. The SMILES string of the molecule is CN1C(=O)CC[C@@H](C(=O)NCCCn2cccn2)[C@H]1c1cccs1. The molecule has 0 bridgehead atoms. The highest BCUT2D eigenvalue weighted by atomic mass is 32.1. The number of piperidine rings is 1. The van der Waals surface area contributed by atoms with Crippen LogP contribution in [0.25, 0.3) is 0 Å². The van der Waals surface area contributed by atoms with Gasteiger partial charge in [-0.25, -0.2) is 0 Å². The van der Waals surface area contributed by atoms with Gasteiger partial charge >= 0.3 is 0 Å². The molecule has 2 amide bonds. The number of thiophene rings is 1. The molecule has 0 aromatic carbocycles. The van der Waals surface area contributed by atoms with E-state index in [1.807, 2.05) is 34.5 Å². The van der Waals surface area contributed by atoms with Crippen LogP contribution in [0.15, 0.2) is 36.0 Å². The van der Waals surface area contributed by atoms with Gasteiger partial charge in [0.2, 0.25) is 11.8 Å². The van der Waals surface area contributed by atoms with Gasteiger partial charge in [-0.15, -0.1) is 11.3 Å². The van der Waals surface area contributed by atoms with Gasteiger partial charge in [-0.2, -0.15) is 5.10 Å². The Morgan fingerprint density at radius 3 is 3.04 bits per heavy atom. The first-order chi connectivity index (χ1) is 11.7. The Labute approximate surface area is 145 Å². The summed E-state index contributed by atoms with van der Waals surface area (Å²) in [7, 11) is 1.80. The molecule has 6 nitrogen and oxygen atoms in total. The number of carbonyl (C=O) groups excluding carboxylic acids is 2. The van der Waals surface area contributed by atoms with Gasteiger partial charge in [0.05, 0.1) is 12.0 Å². The Kier molecular flexibility index (Phi) is 5.30. The van der Waals surface area contributed by atoms with Crippen molar-refractivity contribution in [1.29, 1.82) is 0 Å². The Hall–Kier alpha value is -2.15. The number of nitrogens with one attached hydrogen (secondary N) is 1. The molecule has 7 heteroatoms. The van der Waals surface area contributed by atoms with Crippen molar-refractivity contribution in [2.24, 2.45) is 5.92 Å². The summed E-state index contributed by atoms with van der Waals surface area (Å²) in [5, 5.41) is 9.16. The van der Waals surface area contributed by atoms with Crippen LogP contribution >= 0.6 is 11.3 Å². The van der Waals surface area contributed by atoms with E-state index >= 15 is 0 Å². The number of hydrogen-bond donors (Lipinski definition) is 1. The van der Waals surface area contributed by atoms with Gasteiger partial charge in [0.25, 0.3) is 0 Å². The van der Waals surface area contributed by atoms with Gasteiger partial charge in [-0.3, -0.25) is 14.3 Å². The molecule has 3 rings (SSSR count). The second-order valence-electron chi connectivity index (χ2n) is 6.02. The second kappa shape index (κ2) is 7.61. The Morgan fingerprint density at radius 2 is 2.33 bits per heavy atom. The van der Waals surface area contributed by atoms with Crippen LogP contribution in [0.2, 0.25) is 0 Å². The zero-order valence-corrected chi connectivity index (χ0v) is 14.5. The largest absolute Gasteiger partial charge is 0.356 e. The first-order valence-electron chi connectivity index (χ1n) is 8.21. The summed E-state index contributed by atoms with van der Waals surface area (Å²) in [5.41, 5.74) is 0. The molecular formula is C17H22N4O2S. The van der Waals surface area contributed by atoms with Crippen LogP contribution in [0.3, 0.4) is 0 Å². The van der Waals surface area contributed by atoms with E-state index in [2.05, 4.69) is 10.4 Å². The molecule has 0 spiro atoms. The summed E-state index contributed by atoms with van der Waals surface area (Å²) in [5.74, 6) is -0.0413. The summed E-state index contributed by atoms with van der Waals surface area (Å²) < 4.78 is 1.85. The first kappa shape index (κ1) is 16.7. The van der Waals surface area contributed by atoms with E-state index in [9.17, 15) is 9.59 Å². The predicted molar refractivity (Wildman–Crippen MR) is 92.4 cm³/mol. The van der Waals surface area contributed by atoms with Gasteiger partial charge in [-0.05, 0) is 30.4 Å². The van der Waals surface area contributed by atoms with Gasteiger partial charge < -0.3 is 10.2 Å². The molecule has 0 aliphatic carbocycles. The van der Waals surface area contributed by atoms with Gasteiger partial charge in [-0.1, -0.05) is 6.07 Å². The highest BCUT2D eigenvalue weighted by Crippen LogP contribution is 2.37. The number of rotatable bonds is 6. The van der Waals surface area contributed by atoms with Crippen molar-refractivity contribution in [1.82, 2.24) is 20.0 Å². The van der Waals surface area contributed by atoms with Crippen molar-refractivity contribution >= 4 is 23.2 Å². The quantitative estimate of drug-likeness (QED) is 0.814. The molecule has 1 fully saturated rings. The number of carbonyl (C=O) groups is 2. The predicted octanol–water partition coefficient (Wildman–Crippen LogP) is 2.06. The summed E-state index contributed by atoms with van der Waals surface area (Å²) in [6.07, 6.45) is 5.54. The van der Waals surface area contributed by atoms with E-state index in [4.69, 9.17) is 0 Å². The Bertz CT molecular complexity index is 669. The number of hydrogen-bond acceptors (Lipinski definition) is 4. The normalized spacial score (nSPS) is 21.0. The number of aryl methyl sites for hydroxylation is 1. The van der Waals surface area contributed by atoms with Crippen LogP contribution in [-0.4, -0.2) is 40.1 Å². The van der Waals surface area contributed by atoms with Crippen LogP contribution in [0.1, 0.15) is 30.2 Å². The third kappa shape index (κ3) is 3.67. The maximum atomic E-state index is 12.7. The molecule has 3 heterocycles. The fraction of sp³-hybridized carbons (Fsp3) is 0.471. The topological polar surface area (TPSA) is 67.2 Å². The van der Waals surface area contributed by atoms with E-state index in [0.29, 0.717) is 19.4 Å². The summed E-state index contributed by atoms with van der Waals surface area (Å²) in [6.45, 7) is 1.40. The smallest absolute Gasteiger partial charge is 0.225 e. The lowest BCUT2D eigenvalue weighted by Gasteiger charge is -2.37. The second-order valence-corrected chi connectivity index (χ2v) is 7.00. The average Bonchev–Trinajstić information content (AvgIpc) is 3.27. The molecule has 0 unspecified atom stereocenters. The third-order valence-corrected chi connectivity index (χ3v) is 5.40. The van der Waals surface area contributed by atoms with Crippen molar-refractivity contribution < 1.29 is 9.59 Å². The molecule has 2 aromatic rings. The van der Waals surface area contributed by atoms with Crippen molar-refractivity contribution in [3.8, 4) is 0 Å². The molecule has 1 N–H and O–H groups in total. The highest BCUT2D eigenvalue weighted by molar-refractivity contribution is 7.10. The van der Waals surface area contributed by atoms with Crippen molar-refractivity contribution in [3.63, 3.8) is 0 Å². The maximum absolute atomic E-state index is 12.7. The van der Waals surface area contributed by atoms with Gasteiger partial charge in [0.15, 0.2) is 0 Å². The van der Waals surface area contributed by atoms with Crippen LogP contribution in [0, 0.1) is 5.92 Å². The minimum absolute atomic E-state index is 0.0354. The monoisotopic (exact) mass is 346 g/mol. The zero-order chi connectivity index (χ0) is 16.9. The lowest BCUT2D eigenvalue weighted by molar-refractivity contribution is -0.141. The molecule has 128 valence electrons. The minimum Gasteiger partial charge on any atom is -0.356 e. The number of nitrogens with zero attached hydrogens (tertiary/aromatic N) is 3. The Balaban J connectivity index is 1.58. The molecular weight excluding hydrogens is 324 g/mol. The lowest BCUT2D eigenvalue weighted by Crippen LogP contribution is -2.46. The van der Waals surface area contributed by atoms with Crippen LogP contribution in [-0.2, 0) is 16.1 Å². The fourth-order valence-electron chi connectivity index (χ4n) is 3.18. The summed E-state index contributed by atoms with van der Waals surface area (Å²) >= 11 is 1.60. The maximum Gasteiger partial charge on any atom is 0.225 e. The van der Waals surface area contributed by atoms with E-state index in [0.717, 1.165) is 17.8 Å². The van der Waals surface area contributed by atoms with Crippen LogP contribution < -0.4 is 5.32 Å². The van der Waals surface area contributed by atoms with E-state index in [1.165, 1.54) is 0 Å². The molecule has 24 heavy (non-hydrogen) atoms. The lowest BCUT2D eigenvalue weighted by atomic mass is 9.87. The molecule has 0 saturated carbocycles. The average molecular weight is 346 g/mol. The highest BCUT2D eigenvalue weighted by Gasteiger charge is 2.39. The number of aromatic nitrogens is 2. The van der Waals surface area contributed by atoms with Gasteiger partial charge in [0.1, 0.15) is 0 Å². The summed E-state index contributed by atoms with van der Waals surface area (Å²) in [4.78, 5) is 27.5. The van der Waals surface area contributed by atoms with Crippen LogP contribution in [0.5, 0.6) is 0 Å². The van der Waals surface area contributed by atoms with Gasteiger partial charge in [0, 0.05) is 43.8 Å².